The molecule has 2 aliphatic heterocycles. The van der Waals surface area contributed by atoms with Crippen molar-refractivity contribution in [2.45, 2.75) is 18.4 Å². The summed E-state index contributed by atoms with van der Waals surface area (Å²) in [7, 11) is -3.20. The number of benzene rings is 1. The maximum atomic E-state index is 12.8. The third-order valence-corrected chi connectivity index (χ3v) is 6.01. The first kappa shape index (κ1) is 17.3. The number of imide groups is 1. The first-order chi connectivity index (χ1) is 11.7. The van der Waals surface area contributed by atoms with Gasteiger partial charge in [0.2, 0.25) is 5.91 Å². The van der Waals surface area contributed by atoms with Gasteiger partial charge in [-0.1, -0.05) is 0 Å². The Morgan fingerprint density at radius 2 is 1.80 bits per heavy atom. The third-order valence-electron chi connectivity index (χ3n) is 4.36. The number of halogens is 1. The number of nitrogens with zero attached hydrogens (tertiary/aromatic N) is 1. The topological polar surface area (TPSA) is 113 Å². The Bertz CT molecular complexity index is 823. The molecular formula is C15H16FN3O5S. The van der Waals surface area contributed by atoms with Crippen molar-refractivity contribution in [1.29, 1.82) is 0 Å². The van der Waals surface area contributed by atoms with Gasteiger partial charge in [0.1, 0.15) is 17.9 Å². The molecule has 2 saturated heterocycles. The van der Waals surface area contributed by atoms with Crippen molar-refractivity contribution < 1.29 is 27.2 Å². The fraction of sp³-hybridized carbons (Fsp3) is 0.400. The minimum absolute atomic E-state index is 0.00398. The number of hydrogen-bond donors (Lipinski definition) is 2. The van der Waals surface area contributed by atoms with E-state index in [1.165, 1.54) is 24.3 Å². The van der Waals surface area contributed by atoms with Gasteiger partial charge in [0.25, 0.3) is 5.91 Å². The number of rotatable bonds is 3. The van der Waals surface area contributed by atoms with E-state index < -0.39 is 45.6 Å². The van der Waals surface area contributed by atoms with E-state index in [0.717, 1.165) is 4.90 Å². The van der Waals surface area contributed by atoms with Crippen LogP contribution in [0.4, 0.5) is 14.9 Å². The number of carbonyl (C=O) groups excluding carboxylic acids is 3. The Labute approximate surface area is 143 Å². The fourth-order valence-corrected chi connectivity index (χ4v) is 4.45. The molecule has 2 N–H and O–H groups in total. The zero-order chi connectivity index (χ0) is 18.2. The SMILES string of the molecule is O=C(CN1C(=O)NC2(CCS(=O)(=O)CC2)C1=O)Nc1ccc(F)cc1. The molecule has 0 unspecified atom stereocenters. The van der Waals surface area contributed by atoms with E-state index in [9.17, 15) is 27.2 Å². The highest BCUT2D eigenvalue weighted by Crippen LogP contribution is 2.30. The average Bonchev–Trinajstić information content (AvgIpc) is 2.77. The molecule has 2 heterocycles. The molecule has 0 aliphatic carbocycles. The summed E-state index contributed by atoms with van der Waals surface area (Å²) in [5, 5.41) is 4.99. The molecule has 3 rings (SSSR count). The molecule has 0 bridgehead atoms. The molecule has 134 valence electrons. The molecule has 2 fully saturated rings. The zero-order valence-corrected chi connectivity index (χ0v) is 13.9. The van der Waals surface area contributed by atoms with E-state index in [1.54, 1.807) is 0 Å². The summed E-state index contributed by atoms with van der Waals surface area (Å²) in [6.07, 6.45) is -0.00796. The van der Waals surface area contributed by atoms with Gasteiger partial charge < -0.3 is 10.6 Å². The van der Waals surface area contributed by atoms with Crippen LogP contribution in [0.2, 0.25) is 0 Å². The molecule has 2 aliphatic rings. The minimum Gasteiger partial charge on any atom is -0.325 e. The number of urea groups is 1. The molecule has 25 heavy (non-hydrogen) atoms. The van der Waals surface area contributed by atoms with Gasteiger partial charge in [-0.2, -0.15) is 0 Å². The number of carbonyl (C=O) groups is 3. The Hall–Kier alpha value is -2.49. The predicted octanol–water partition coefficient (Wildman–Crippen LogP) is 0.263. The first-order valence-corrected chi connectivity index (χ1v) is 9.43. The van der Waals surface area contributed by atoms with Gasteiger partial charge in [-0.3, -0.25) is 14.5 Å². The summed E-state index contributed by atoms with van der Waals surface area (Å²) in [6.45, 7) is -0.503. The van der Waals surface area contributed by atoms with Crippen LogP contribution in [0.15, 0.2) is 24.3 Å². The maximum Gasteiger partial charge on any atom is 0.325 e. The monoisotopic (exact) mass is 369 g/mol. The summed E-state index contributed by atoms with van der Waals surface area (Å²) >= 11 is 0. The smallest absolute Gasteiger partial charge is 0.325 e. The van der Waals surface area contributed by atoms with E-state index in [2.05, 4.69) is 10.6 Å². The highest BCUT2D eigenvalue weighted by atomic mass is 32.2. The van der Waals surface area contributed by atoms with Crippen molar-refractivity contribution in [2.75, 3.05) is 23.4 Å². The lowest BCUT2D eigenvalue weighted by molar-refractivity contribution is -0.134. The van der Waals surface area contributed by atoms with Crippen LogP contribution >= 0.6 is 0 Å². The Morgan fingerprint density at radius 1 is 1.20 bits per heavy atom. The third kappa shape index (κ3) is 3.48. The Kier molecular flexibility index (Phi) is 4.23. The molecule has 8 nitrogen and oxygen atoms in total. The van der Waals surface area contributed by atoms with E-state index in [0.29, 0.717) is 5.69 Å². The quantitative estimate of drug-likeness (QED) is 0.743. The molecule has 1 spiro atoms. The maximum absolute atomic E-state index is 12.8. The Balaban J connectivity index is 1.66. The summed E-state index contributed by atoms with van der Waals surface area (Å²) in [6, 6.07) is 4.32. The predicted molar refractivity (Wildman–Crippen MR) is 85.9 cm³/mol. The second kappa shape index (κ2) is 6.10. The second-order valence-corrected chi connectivity index (χ2v) is 8.41. The summed E-state index contributed by atoms with van der Waals surface area (Å²) < 4.78 is 35.9. The normalized spacial score (nSPS) is 21.2. The van der Waals surface area contributed by atoms with Crippen molar-refractivity contribution in [3.63, 3.8) is 0 Å². The number of nitrogens with one attached hydrogen (secondary N) is 2. The first-order valence-electron chi connectivity index (χ1n) is 7.61. The van der Waals surface area contributed by atoms with Gasteiger partial charge in [-0.05, 0) is 37.1 Å². The van der Waals surface area contributed by atoms with Crippen LogP contribution in [-0.4, -0.2) is 54.8 Å². The molecular weight excluding hydrogens is 353 g/mol. The molecule has 0 radical (unpaired) electrons. The van der Waals surface area contributed by atoms with Gasteiger partial charge in [0, 0.05) is 5.69 Å². The van der Waals surface area contributed by atoms with Gasteiger partial charge in [-0.15, -0.1) is 0 Å². The molecule has 1 aromatic rings. The number of anilines is 1. The fourth-order valence-electron chi connectivity index (χ4n) is 2.92. The van der Waals surface area contributed by atoms with Crippen LogP contribution in [-0.2, 0) is 19.4 Å². The Morgan fingerprint density at radius 3 is 2.40 bits per heavy atom. The van der Waals surface area contributed by atoms with Gasteiger partial charge in [0.05, 0.1) is 11.5 Å². The second-order valence-electron chi connectivity index (χ2n) is 6.11. The van der Waals surface area contributed by atoms with Crippen molar-refractivity contribution in [2.24, 2.45) is 0 Å². The van der Waals surface area contributed by atoms with E-state index in [1.807, 2.05) is 0 Å². The lowest BCUT2D eigenvalue weighted by Gasteiger charge is -2.30. The number of amides is 4. The van der Waals surface area contributed by atoms with Crippen molar-refractivity contribution in [1.82, 2.24) is 10.2 Å². The van der Waals surface area contributed by atoms with E-state index >= 15 is 0 Å². The number of sulfone groups is 1. The molecule has 0 aromatic heterocycles. The highest BCUT2D eigenvalue weighted by molar-refractivity contribution is 7.91. The van der Waals surface area contributed by atoms with E-state index in [-0.39, 0.29) is 24.3 Å². The van der Waals surface area contributed by atoms with Crippen LogP contribution < -0.4 is 10.6 Å². The lowest BCUT2D eigenvalue weighted by Crippen LogP contribution is -2.52. The zero-order valence-electron chi connectivity index (χ0n) is 13.1. The van der Waals surface area contributed by atoms with Crippen LogP contribution in [0.5, 0.6) is 0 Å². The van der Waals surface area contributed by atoms with Crippen LogP contribution in [0, 0.1) is 5.82 Å². The summed E-state index contributed by atoms with van der Waals surface area (Å²) in [5.74, 6) is -2.04. The lowest BCUT2D eigenvalue weighted by atomic mass is 9.92. The molecule has 4 amide bonds. The van der Waals surface area contributed by atoms with Gasteiger partial charge >= 0.3 is 6.03 Å². The standard InChI is InChI=1S/C15H16FN3O5S/c16-10-1-3-11(4-2-10)17-12(20)9-19-13(21)15(18-14(19)22)5-7-25(23,24)8-6-15/h1-4H,5-9H2,(H,17,20)(H,18,22). The number of hydrogen-bond acceptors (Lipinski definition) is 5. The van der Waals surface area contributed by atoms with Crippen molar-refractivity contribution >= 4 is 33.4 Å². The van der Waals surface area contributed by atoms with E-state index in [4.69, 9.17) is 0 Å². The molecule has 0 atom stereocenters. The molecule has 10 heteroatoms. The van der Waals surface area contributed by atoms with Crippen LogP contribution in [0.3, 0.4) is 0 Å². The molecule has 1 aromatic carbocycles. The van der Waals surface area contributed by atoms with Gasteiger partial charge in [0.15, 0.2) is 9.84 Å². The molecule has 0 saturated carbocycles. The summed E-state index contributed by atoms with van der Waals surface area (Å²) in [4.78, 5) is 37.4. The minimum atomic E-state index is -3.20. The van der Waals surface area contributed by atoms with Crippen molar-refractivity contribution in [3.05, 3.63) is 30.1 Å². The van der Waals surface area contributed by atoms with Crippen LogP contribution in [0.1, 0.15) is 12.8 Å². The average molecular weight is 369 g/mol. The van der Waals surface area contributed by atoms with Gasteiger partial charge in [-0.25, -0.2) is 17.6 Å². The van der Waals surface area contributed by atoms with Crippen molar-refractivity contribution in [3.8, 4) is 0 Å². The largest absolute Gasteiger partial charge is 0.325 e. The highest BCUT2D eigenvalue weighted by Gasteiger charge is 2.53. The van der Waals surface area contributed by atoms with Crippen LogP contribution in [0.25, 0.3) is 0 Å². The summed E-state index contributed by atoms with van der Waals surface area (Å²) in [5.41, 5.74) is -0.921.